The molecule has 0 aromatic heterocycles. The number of hydrogen-bond donors (Lipinski definition) is 0. The minimum atomic E-state index is 0.0515. The van der Waals surface area contributed by atoms with Crippen molar-refractivity contribution in [3.05, 3.63) is 71.8 Å². The maximum atomic E-state index is 3.64. The van der Waals surface area contributed by atoms with E-state index in [1.165, 1.54) is 33.0 Å². The van der Waals surface area contributed by atoms with E-state index in [4.69, 9.17) is 0 Å². The van der Waals surface area contributed by atoms with Gasteiger partial charge in [0.1, 0.15) is 0 Å². The van der Waals surface area contributed by atoms with Gasteiger partial charge in [0, 0.05) is 5.41 Å². The van der Waals surface area contributed by atoms with E-state index in [9.17, 15) is 0 Å². The van der Waals surface area contributed by atoms with Gasteiger partial charge in [-0.2, -0.15) is 0 Å². The Hall–Kier alpha value is -2.08. The van der Waals surface area contributed by atoms with E-state index in [0.29, 0.717) is 0 Å². The highest BCUT2D eigenvalue weighted by molar-refractivity contribution is 5.92. The summed E-state index contributed by atoms with van der Waals surface area (Å²) < 4.78 is 0. The SMILES string of the molecule is CC1(C)c2[c]c3ccccc3cc2-c2ccccc21. The van der Waals surface area contributed by atoms with Crippen LogP contribution in [0.2, 0.25) is 0 Å². The van der Waals surface area contributed by atoms with E-state index >= 15 is 0 Å². The van der Waals surface area contributed by atoms with Gasteiger partial charge in [-0.1, -0.05) is 62.4 Å². The van der Waals surface area contributed by atoms with Gasteiger partial charge in [0.15, 0.2) is 0 Å². The Morgan fingerprint density at radius 3 is 2.47 bits per heavy atom. The predicted octanol–water partition coefficient (Wildman–Crippen LogP) is 4.95. The fourth-order valence-electron chi connectivity index (χ4n) is 3.27. The summed E-state index contributed by atoms with van der Waals surface area (Å²) in [5, 5.41) is 2.48. The lowest BCUT2D eigenvalue weighted by Crippen LogP contribution is -2.14. The molecule has 0 heterocycles. The molecule has 3 aromatic rings. The molecule has 0 amide bonds. The van der Waals surface area contributed by atoms with Crippen LogP contribution in [-0.2, 0) is 5.41 Å². The monoisotopic (exact) mass is 243 g/mol. The van der Waals surface area contributed by atoms with Crippen LogP contribution in [0.3, 0.4) is 0 Å². The van der Waals surface area contributed by atoms with Gasteiger partial charge in [0.2, 0.25) is 0 Å². The van der Waals surface area contributed by atoms with Crippen LogP contribution in [0.15, 0.2) is 54.6 Å². The molecule has 1 aliphatic carbocycles. The second-order valence-corrected chi connectivity index (χ2v) is 5.82. The van der Waals surface area contributed by atoms with E-state index in [0.717, 1.165) is 0 Å². The summed E-state index contributed by atoms with van der Waals surface area (Å²) in [4.78, 5) is 0. The summed E-state index contributed by atoms with van der Waals surface area (Å²) >= 11 is 0. The van der Waals surface area contributed by atoms with Crippen LogP contribution in [0.25, 0.3) is 21.9 Å². The van der Waals surface area contributed by atoms with Crippen molar-refractivity contribution in [3.8, 4) is 11.1 Å². The van der Waals surface area contributed by atoms with Crippen molar-refractivity contribution in [1.82, 2.24) is 0 Å². The molecule has 3 aromatic carbocycles. The Morgan fingerprint density at radius 1 is 0.842 bits per heavy atom. The van der Waals surface area contributed by atoms with Crippen molar-refractivity contribution in [1.29, 1.82) is 0 Å². The predicted molar refractivity (Wildman–Crippen MR) is 80.3 cm³/mol. The van der Waals surface area contributed by atoms with Gasteiger partial charge in [-0.15, -0.1) is 0 Å². The number of fused-ring (bicyclic) bond motifs is 4. The highest BCUT2D eigenvalue weighted by Gasteiger charge is 2.35. The van der Waals surface area contributed by atoms with E-state index in [2.05, 4.69) is 74.5 Å². The highest BCUT2D eigenvalue weighted by atomic mass is 14.4. The second-order valence-electron chi connectivity index (χ2n) is 5.82. The van der Waals surface area contributed by atoms with Gasteiger partial charge in [0.05, 0.1) is 0 Å². The molecule has 1 aliphatic rings. The molecule has 4 rings (SSSR count). The minimum absolute atomic E-state index is 0.0515. The molecule has 0 unspecified atom stereocenters. The smallest absolute Gasteiger partial charge is 0.0165 e. The first-order valence-electron chi connectivity index (χ1n) is 6.73. The van der Waals surface area contributed by atoms with Gasteiger partial charge < -0.3 is 0 Å². The molecule has 0 N–H and O–H groups in total. The molecule has 0 nitrogen and oxygen atoms in total. The Morgan fingerprint density at radius 2 is 1.58 bits per heavy atom. The van der Waals surface area contributed by atoms with Crippen LogP contribution < -0.4 is 0 Å². The molecule has 0 bridgehead atoms. The van der Waals surface area contributed by atoms with Crippen molar-refractivity contribution in [2.45, 2.75) is 19.3 Å². The van der Waals surface area contributed by atoms with E-state index in [1.807, 2.05) is 0 Å². The molecule has 0 atom stereocenters. The Bertz CT molecular complexity index is 794. The van der Waals surface area contributed by atoms with Gasteiger partial charge in [-0.05, 0) is 45.2 Å². The fraction of sp³-hybridized carbons (Fsp3) is 0.158. The minimum Gasteiger partial charge on any atom is -0.0619 e. The Kier molecular flexibility index (Phi) is 1.98. The zero-order valence-electron chi connectivity index (χ0n) is 11.2. The van der Waals surface area contributed by atoms with Crippen LogP contribution in [0.1, 0.15) is 25.0 Å². The van der Waals surface area contributed by atoms with Crippen LogP contribution in [-0.4, -0.2) is 0 Å². The van der Waals surface area contributed by atoms with E-state index < -0.39 is 0 Å². The van der Waals surface area contributed by atoms with E-state index in [-0.39, 0.29) is 5.41 Å². The van der Waals surface area contributed by atoms with Crippen molar-refractivity contribution in [2.24, 2.45) is 0 Å². The molecule has 0 fully saturated rings. The molecule has 0 heteroatoms. The van der Waals surface area contributed by atoms with Gasteiger partial charge in [-0.3, -0.25) is 0 Å². The summed E-state index contributed by atoms with van der Waals surface area (Å²) in [6, 6.07) is 23.2. The first-order chi connectivity index (χ1) is 9.18. The molecule has 91 valence electrons. The molecule has 19 heavy (non-hydrogen) atoms. The molecule has 0 saturated heterocycles. The lowest BCUT2D eigenvalue weighted by molar-refractivity contribution is 0.660. The summed E-state index contributed by atoms with van der Waals surface area (Å²) in [6.07, 6.45) is 0. The standard InChI is InChI=1S/C19H15/c1-19(2)17-10-6-5-9-15(17)16-11-13-7-3-4-8-14(13)12-18(16)19/h3-11H,1-2H3. The third-order valence-electron chi connectivity index (χ3n) is 4.31. The van der Waals surface area contributed by atoms with Crippen LogP contribution in [0.5, 0.6) is 0 Å². The lowest BCUT2D eigenvalue weighted by atomic mass is 9.82. The Balaban J connectivity index is 2.15. The van der Waals surface area contributed by atoms with Crippen LogP contribution >= 0.6 is 0 Å². The van der Waals surface area contributed by atoms with Crippen LogP contribution in [0, 0.1) is 6.07 Å². The van der Waals surface area contributed by atoms with Gasteiger partial charge in [0.25, 0.3) is 0 Å². The molecule has 0 saturated carbocycles. The number of benzene rings is 3. The first-order valence-corrected chi connectivity index (χ1v) is 6.73. The maximum absolute atomic E-state index is 3.64. The normalized spacial score (nSPS) is 15.3. The zero-order valence-corrected chi connectivity index (χ0v) is 11.2. The Labute approximate surface area is 113 Å². The topological polar surface area (TPSA) is 0 Å². The third-order valence-corrected chi connectivity index (χ3v) is 4.31. The summed E-state index contributed by atoms with van der Waals surface area (Å²) in [5.41, 5.74) is 5.50. The summed E-state index contributed by atoms with van der Waals surface area (Å²) in [7, 11) is 0. The summed E-state index contributed by atoms with van der Waals surface area (Å²) in [5.74, 6) is 0. The number of rotatable bonds is 0. The summed E-state index contributed by atoms with van der Waals surface area (Å²) in [6.45, 7) is 4.59. The quantitative estimate of drug-likeness (QED) is 0.524. The van der Waals surface area contributed by atoms with E-state index in [1.54, 1.807) is 0 Å². The van der Waals surface area contributed by atoms with Crippen molar-refractivity contribution < 1.29 is 0 Å². The largest absolute Gasteiger partial charge is 0.0619 e. The maximum Gasteiger partial charge on any atom is 0.0165 e. The van der Waals surface area contributed by atoms with Crippen molar-refractivity contribution in [3.63, 3.8) is 0 Å². The third kappa shape index (κ3) is 1.34. The lowest BCUT2D eigenvalue weighted by Gasteiger charge is -2.21. The highest BCUT2D eigenvalue weighted by Crippen LogP contribution is 2.49. The van der Waals surface area contributed by atoms with Crippen molar-refractivity contribution in [2.75, 3.05) is 0 Å². The van der Waals surface area contributed by atoms with Crippen LogP contribution in [0.4, 0.5) is 0 Å². The first kappa shape index (κ1) is 10.8. The second kappa shape index (κ2) is 3.48. The fourth-order valence-corrected chi connectivity index (χ4v) is 3.27. The zero-order chi connectivity index (χ0) is 13.0. The molecular formula is C19H15. The average Bonchev–Trinajstić information content (AvgIpc) is 2.66. The molecule has 0 aliphatic heterocycles. The molecular weight excluding hydrogens is 228 g/mol. The van der Waals surface area contributed by atoms with Gasteiger partial charge >= 0.3 is 0 Å². The van der Waals surface area contributed by atoms with Crippen molar-refractivity contribution >= 4 is 10.8 Å². The number of hydrogen-bond acceptors (Lipinski definition) is 0. The van der Waals surface area contributed by atoms with Gasteiger partial charge in [-0.25, -0.2) is 0 Å². The molecule has 1 radical (unpaired) electrons. The molecule has 0 spiro atoms. The average molecular weight is 243 g/mol.